The maximum atomic E-state index is 11.7. The lowest BCUT2D eigenvalue weighted by Gasteiger charge is -2.23. The fourth-order valence-corrected chi connectivity index (χ4v) is 2.41. The molecule has 2 aliphatic rings. The third kappa shape index (κ3) is 2.76. The maximum absolute atomic E-state index is 11.7. The van der Waals surface area contributed by atoms with Gasteiger partial charge in [0.1, 0.15) is 12.1 Å². The molecule has 0 aromatic heterocycles. The molecule has 0 aliphatic carbocycles. The smallest absolute Gasteiger partial charge is 0.279 e. The van der Waals surface area contributed by atoms with Gasteiger partial charge in [-0.3, -0.25) is 24.5 Å². The van der Waals surface area contributed by atoms with Crippen LogP contribution >= 0.6 is 11.8 Å². The average molecular weight is 257 g/mol. The predicted molar refractivity (Wildman–Crippen MR) is 59.1 cm³/mol. The highest BCUT2D eigenvalue weighted by atomic mass is 32.2. The molecule has 0 bridgehead atoms. The minimum atomic E-state index is -0.692. The molecule has 0 aromatic carbocycles. The highest BCUT2D eigenvalue weighted by Gasteiger charge is 2.33. The van der Waals surface area contributed by atoms with Crippen molar-refractivity contribution in [1.82, 2.24) is 16.0 Å². The zero-order chi connectivity index (χ0) is 12.4. The van der Waals surface area contributed by atoms with Crippen molar-refractivity contribution in [3.05, 3.63) is 0 Å². The van der Waals surface area contributed by atoms with E-state index >= 15 is 0 Å². The van der Waals surface area contributed by atoms with Crippen LogP contribution in [-0.4, -0.2) is 40.8 Å². The average Bonchev–Trinajstić information content (AvgIpc) is 2.69. The van der Waals surface area contributed by atoms with Crippen molar-refractivity contribution in [2.45, 2.75) is 24.9 Å². The Balaban J connectivity index is 1.88. The van der Waals surface area contributed by atoms with Gasteiger partial charge in [-0.1, -0.05) is 11.8 Å². The van der Waals surface area contributed by atoms with Crippen LogP contribution in [0.4, 0.5) is 4.79 Å². The quantitative estimate of drug-likeness (QED) is 0.535. The van der Waals surface area contributed by atoms with Crippen molar-refractivity contribution in [2.24, 2.45) is 0 Å². The molecule has 2 unspecified atom stereocenters. The Morgan fingerprint density at radius 1 is 1.35 bits per heavy atom. The number of thioether (sulfide) groups is 1. The number of hydrogen-bond acceptors (Lipinski definition) is 5. The largest absolute Gasteiger partial charge is 0.342 e. The van der Waals surface area contributed by atoms with Crippen molar-refractivity contribution in [2.75, 3.05) is 5.75 Å². The van der Waals surface area contributed by atoms with Crippen LogP contribution < -0.4 is 16.0 Å². The Labute approximate surface area is 101 Å². The number of imide groups is 1. The van der Waals surface area contributed by atoms with Gasteiger partial charge in [0, 0.05) is 12.2 Å². The van der Waals surface area contributed by atoms with Gasteiger partial charge < -0.3 is 10.6 Å². The molecule has 7 nitrogen and oxygen atoms in total. The topological polar surface area (TPSA) is 104 Å². The van der Waals surface area contributed by atoms with Gasteiger partial charge in [-0.15, -0.1) is 0 Å². The van der Waals surface area contributed by atoms with Gasteiger partial charge in [0.2, 0.25) is 17.7 Å². The number of hydrogen-bond donors (Lipinski definition) is 3. The first-order valence-electron chi connectivity index (χ1n) is 5.13. The second-order valence-electron chi connectivity index (χ2n) is 3.81. The Morgan fingerprint density at radius 3 is 2.71 bits per heavy atom. The molecule has 4 amide bonds. The van der Waals surface area contributed by atoms with Gasteiger partial charge in [-0.05, 0) is 6.42 Å². The molecule has 3 N–H and O–H groups in total. The Bertz CT molecular complexity index is 398. The molecule has 17 heavy (non-hydrogen) atoms. The molecule has 0 spiro atoms. The second-order valence-corrected chi connectivity index (χ2v) is 4.80. The zero-order valence-corrected chi connectivity index (χ0v) is 9.63. The second kappa shape index (κ2) is 4.74. The minimum absolute atomic E-state index is 0.211. The van der Waals surface area contributed by atoms with E-state index in [4.69, 9.17) is 0 Å². The molecule has 8 heteroatoms. The molecule has 2 atom stereocenters. The summed E-state index contributed by atoms with van der Waals surface area (Å²) >= 11 is 1.03. The lowest BCUT2D eigenvalue weighted by Crippen LogP contribution is -2.55. The summed E-state index contributed by atoms with van der Waals surface area (Å²) in [6.07, 6.45) is 0.507. The summed E-state index contributed by atoms with van der Waals surface area (Å²) in [6.45, 7) is 0. The lowest BCUT2D eigenvalue weighted by atomic mass is 10.1. The predicted octanol–water partition coefficient (Wildman–Crippen LogP) is -1.27. The number of carbonyl (C=O) groups is 4. The number of amides is 4. The molecule has 2 heterocycles. The first kappa shape index (κ1) is 11.9. The normalized spacial score (nSPS) is 28.6. The molecule has 92 valence electrons. The summed E-state index contributed by atoms with van der Waals surface area (Å²) in [5.41, 5.74) is 0. The molecule has 2 rings (SSSR count). The summed E-state index contributed by atoms with van der Waals surface area (Å²) in [6, 6.07) is -1.29. The van der Waals surface area contributed by atoms with E-state index in [1.807, 2.05) is 0 Å². The van der Waals surface area contributed by atoms with Gasteiger partial charge in [0.05, 0.1) is 0 Å². The summed E-state index contributed by atoms with van der Waals surface area (Å²) in [7, 11) is 0. The van der Waals surface area contributed by atoms with Crippen molar-refractivity contribution in [1.29, 1.82) is 0 Å². The molecule has 0 radical (unpaired) electrons. The monoisotopic (exact) mass is 257 g/mol. The Kier molecular flexibility index (Phi) is 3.32. The molecular weight excluding hydrogens is 246 g/mol. The van der Waals surface area contributed by atoms with Crippen LogP contribution in [0.1, 0.15) is 12.8 Å². The van der Waals surface area contributed by atoms with Crippen LogP contribution in [0.5, 0.6) is 0 Å². The van der Waals surface area contributed by atoms with Crippen molar-refractivity contribution < 1.29 is 19.2 Å². The van der Waals surface area contributed by atoms with Crippen LogP contribution in [0.25, 0.3) is 0 Å². The molecule has 2 saturated heterocycles. The maximum Gasteiger partial charge on any atom is 0.279 e. The van der Waals surface area contributed by atoms with Crippen LogP contribution in [0.2, 0.25) is 0 Å². The SMILES string of the molecule is O=C1CCC(NC(=O)C2CSC(=O)N2)C(=O)N1. The summed E-state index contributed by atoms with van der Waals surface area (Å²) < 4.78 is 0. The van der Waals surface area contributed by atoms with E-state index in [1.54, 1.807) is 0 Å². The summed E-state index contributed by atoms with van der Waals surface area (Å²) in [4.78, 5) is 44.9. The zero-order valence-electron chi connectivity index (χ0n) is 8.82. The molecular formula is C9H11N3O4S. The number of carbonyl (C=O) groups excluding carboxylic acids is 4. The van der Waals surface area contributed by atoms with E-state index < -0.39 is 23.9 Å². The van der Waals surface area contributed by atoms with E-state index in [9.17, 15) is 19.2 Å². The molecule has 0 saturated carbocycles. The number of piperidine rings is 1. The van der Waals surface area contributed by atoms with Gasteiger partial charge in [-0.2, -0.15) is 0 Å². The fraction of sp³-hybridized carbons (Fsp3) is 0.556. The highest BCUT2D eigenvalue weighted by Crippen LogP contribution is 2.13. The van der Waals surface area contributed by atoms with Gasteiger partial charge in [0.15, 0.2) is 0 Å². The standard InChI is InChI=1S/C9H11N3O4S/c13-6-2-1-4(7(14)12-6)10-8(15)5-3-17-9(16)11-5/h4-5H,1-3H2,(H,10,15)(H,11,16)(H,12,13,14). The van der Waals surface area contributed by atoms with E-state index in [1.165, 1.54) is 0 Å². The molecule has 2 fully saturated rings. The van der Waals surface area contributed by atoms with E-state index in [0.29, 0.717) is 12.2 Å². The first-order chi connectivity index (χ1) is 8.06. The van der Waals surface area contributed by atoms with Crippen LogP contribution in [0.15, 0.2) is 0 Å². The van der Waals surface area contributed by atoms with Crippen molar-refractivity contribution in [3.63, 3.8) is 0 Å². The Hall–Kier alpha value is -1.57. The third-order valence-electron chi connectivity index (χ3n) is 2.55. The summed E-state index contributed by atoms with van der Waals surface area (Å²) in [5.74, 6) is -0.854. The first-order valence-corrected chi connectivity index (χ1v) is 6.12. The van der Waals surface area contributed by atoms with Crippen LogP contribution in [0.3, 0.4) is 0 Å². The summed E-state index contributed by atoms with van der Waals surface area (Å²) in [5, 5.41) is 6.91. The van der Waals surface area contributed by atoms with Crippen LogP contribution in [-0.2, 0) is 14.4 Å². The minimum Gasteiger partial charge on any atom is -0.342 e. The van der Waals surface area contributed by atoms with E-state index in [2.05, 4.69) is 16.0 Å². The number of nitrogens with one attached hydrogen (secondary N) is 3. The van der Waals surface area contributed by atoms with Crippen molar-refractivity contribution in [3.8, 4) is 0 Å². The fourth-order valence-electron chi connectivity index (χ4n) is 1.63. The van der Waals surface area contributed by atoms with E-state index in [0.717, 1.165) is 11.8 Å². The van der Waals surface area contributed by atoms with Crippen LogP contribution in [0, 0.1) is 0 Å². The third-order valence-corrected chi connectivity index (χ3v) is 3.43. The van der Waals surface area contributed by atoms with E-state index in [-0.39, 0.29) is 17.6 Å². The van der Waals surface area contributed by atoms with Gasteiger partial charge in [0.25, 0.3) is 5.24 Å². The lowest BCUT2D eigenvalue weighted by molar-refractivity contribution is -0.137. The van der Waals surface area contributed by atoms with Crippen molar-refractivity contribution >= 4 is 34.7 Å². The van der Waals surface area contributed by atoms with Gasteiger partial charge >= 0.3 is 0 Å². The van der Waals surface area contributed by atoms with Gasteiger partial charge in [-0.25, -0.2) is 0 Å². The molecule has 0 aromatic rings. The molecule has 2 aliphatic heterocycles. The number of rotatable bonds is 2. The highest BCUT2D eigenvalue weighted by molar-refractivity contribution is 8.14. The Morgan fingerprint density at radius 2 is 2.12 bits per heavy atom.